The van der Waals surface area contributed by atoms with E-state index >= 15 is 0 Å². The Hall–Kier alpha value is -1.69. The topological polar surface area (TPSA) is 89.4 Å². The highest BCUT2D eigenvalue weighted by molar-refractivity contribution is 5.97. The molecule has 1 aromatic heterocycles. The van der Waals surface area contributed by atoms with E-state index in [-0.39, 0.29) is 5.76 Å². The molecule has 0 spiro atoms. The Morgan fingerprint density at radius 2 is 2.50 bits per heavy atom. The van der Waals surface area contributed by atoms with Gasteiger partial charge in [-0.05, 0) is 13.0 Å². The van der Waals surface area contributed by atoms with Crippen LogP contribution in [0, 0.1) is 0 Å². The molecule has 0 aliphatic carbocycles. The van der Waals surface area contributed by atoms with Gasteiger partial charge in [0.05, 0.1) is 6.20 Å². The third kappa shape index (κ3) is 2.40. The lowest BCUT2D eigenvalue weighted by Crippen LogP contribution is -2.31. The minimum absolute atomic E-state index is 0.0501. The lowest BCUT2D eigenvalue weighted by atomic mass is 10.3. The molecule has 76 valence electrons. The summed E-state index contributed by atoms with van der Waals surface area (Å²) in [7, 11) is 0. The molecule has 0 aliphatic rings. The number of nitrogens with zero attached hydrogens (tertiary/aromatic N) is 2. The Balaban J connectivity index is 2.61. The predicted octanol–water partition coefficient (Wildman–Crippen LogP) is -0.378. The number of rotatable bonds is 5. The second-order valence-electron chi connectivity index (χ2n) is 2.62. The van der Waals surface area contributed by atoms with E-state index in [2.05, 4.69) is 9.68 Å². The van der Waals surface area contributed by atoms with Crippen LogP contribution in [0.25, 0.3) is 0 Å². The van der Waals surface area contributed by atoms with Crippen LogP contribution in [0.3, 0.4) is 0 Å². The highest BCUT2D eigenvalue weighted by Gasteiger charge is 2.17. The summed E-state index contributed by atoms with van der Waals surface area (Å²) < 4.78 is 4.63. The zero-order valence-corrected chi connectivity index (χ0v) is 7.55. The number of hydrogen-bond acceptors (Lipinski definition) is 5. The minimum atomic E-state index is -0.494. The molecule has 6 nitrogen and oxygen atoms in total. The van der Waals surface area contributed by atoms with Gasteiger partial charge < -0.3 is 10.3 Å². The van der Waals surface area contributed by atoms with Gasteiger partial charge in [0.1, 0.15) is 0 Å². The Kier molecular flexibility index (Phi) is 3.81. The van der Waals surface area contributed by atoms with Crippen molar-refractivity contribution in [3.05, 3.63) is 18.0 Å². The second-order valence-corrected chi connectivity index (χ2v) is 2.62. The lowest BCUT2D eigenvalue weighted by molar-refractivity contribution is -0.116. The molecule has 14 heavy (non-hydrogen) atoms. The SMILES string of the molecule is NCCCN(C=O)C(=O)c1ccno1. The molecule has 0 saturated heterocycles. The van der Waals surface area contributed by atoms with E-state index in [9.17, 15) is 9.59 Å². The van der Waals surface area contributed by atoms with E-state index in [0.717, 1.165) is 4.90 Å². The third-order valence-corrected chi connectivity index (χ3v) is 1.64. The fourth-order valence-corrected chi connectivity index (χ4v) is 0.931. The predicted molar refractivity (Wildman–Crippen MR) is 47.3 cm³/mol. The summed E-state index contributed by atoms with van der Waals surface area (Å²) in [5.74, 6) is -0.444. The van der Waals surface area contributed by atoms with Gasteiger partial charge in [0.15, 0.2) is 0 Å². The zero-order valence-electron chi connectivity index (χ0n) is 7.55. The van der Waals surface area contributed by atoms with Gasteiger partial charge in [-0.1, -0.05) is 5.16 Å². The zero-order chi connectivity index (χ0) is 10.4. The van der Waals surface area contributed by atoms with Crippen molar-refractivity contribution < 1.29 is 14.1 Å². The van der Waals surface area contributed by atoms with Gasteiger partial charge in [0.2, 0.25) is 12.2 Å². The maximum atomic E-state index is 11.5. The van der Waals surface area contributed by atoms with Crippen LogP contribution >= 0.6 is 0 Å². The molecular formula is C8H11N3O3. The van der Waals surface area contributed by atoms with Crippen molar-refractivity contribution in [3.63, 3.8) is 0 Å². The van der Waals surface area contributed by atoms with E-state index in [4.69, 9.17) is 5.73 Å². The Morgan fingerprint density at radius 3 is 3.00 bits per heavy atom. The molecule has 1 aromatic rings. The Morgan fingerprint density at radius 1 is 1.71 bits per heavy atom. The van der Waals surface area contributed by atoms with Gasteiger partial charge in [-0.3, -0.25) is 14.5 Å². The molecule has 0 fully saturated rings. The summed E-state index contributed by atoms with van der Waals surface area (Å²) in [6.07, 6.45) is 2.37. The van der Waals surface area contributed by atoms with Crippen LogP contribution < -0.4 is 5.73 Å². The maximum absolute atomic E-state index is 11.5. The molecule has 2 N–H and O–H groups in total. The van der Waals surface area contributed by atoms with Crippen LogP contribution in [0.5, 0.6) is 0 Å². The number of amides is 2. The van der Waals surface area contributed by atoms with Crippen LogP contribution in [-0.4, -0.2) is 35.5 Å². The number of imide groups is 1. The van der Waals surface area contributed by atoms with Gasteiger partial charge in [0.25, 0.3) is 5.91 Å². The van der Waals surface area contributed by atoms with Crippen molar-refractivity contribution in [2.75, 3.05) is 13.1 Å². The summed E-state index contributed by atoms with van der Waals surface area (Å²) in [4.78, 5) is 23.0. The molecule has 6 heteroatoms. The smallest absolute Gasteiger partial charge is 0.298 e. The summed E-state index contributed by atoms with van der Waals surface area (Å²) in [5, 5.41) is 3.38. The van der Waals surface area contributed by atoms with Crippen molar-refractivity contribution in [2.45, 2.75) is 6.42 Å². The third-order valence-electron chi connectivity index (χ3n) is 1.64. The summed E-state index contributed by atoms with van der Waals surface area (Å²) in [5.41, 5.74) is 5.26. The number of carbonyl (C=O) groups is 2. The summed E-state index contributed by atoms with van der Waals surface area (Å²) >= 11 is 0. The van der Waals surface area contributed by atoms with Gasteiger partial charge in [-0.15, -0.1) is 0 Å². The quantitative estimate of drug-likeness (QED) is 0.650. The number of carbonyl (C=O) groups excluding carboxylic acids is 2. The summed E-state index contributed by atoms with van der Waals surface area (Å²) in [6.45, 7) is 0.716. The lowest BCUT2D eigenvalue weighted by Gasteiger charge is -2.12. The van der Waals surface area contributed by atoms with Crippen LogP contribution in [0.1, 0.15) is 17.0 Å². The summed E-state index contributed by atoms with van der Waals surface area (Å²) in [6, 6.07) is 1.40. The van der Waals surface area contributed by atoms with Crippen molar-refractivity contribution in [1.29, 1.82) is 0 Å². The molecule has 1 heterocycles. The maximum Gasteiger partial charge on any atom is 0.298 e. The second kappa shape index (κ2) is 5.13. The minimum Gasteiger partial charge on any atom is -0.351 e. The van der Waals surface area contributed by atoms with Crippen LogP contribution in [-0.2, 0) is 4.79 Å². The molecule has 2 amide bonds. The molecule has 0 aliphatic heterocycles. The highest BCUT2D eigenvalue weighted by Crippen LogP contribution is 2.02. The van der Waals surface area contributed by atoms with Gasteiger partial charge in [-0.2, -0.15) is 0 Å². The first-order chi connectivity index (χ1) is 6.79. The number of hydrogen-bond donors (Lipinski definition) is 1. The van der Waals surface area contributed by atoms with Crippen LogP contribution in [0.15, 0.2) is 16.8 Å². The monoisotopic (exact) mass is 197 g/mol. The van der Waals surface area contributed by atoms with Crippen LogP contribution in [0.4, 0.5) is 0 Å². The number of aromatic nitrogens is 1. The van der Waals surface area contributed by atoms with Crippen molar-refractivity contribution in [2.24, 2.45) is 5.73 Å². The Labute approximate surface area is 80.6 Å². The largest absolute Gasteiger partial charge is 0.351 e. The molecule has 0 saturated carbocycles. The highest BCUT2D eigenvalue weighted by atomic mass is 16.5. The first kappa shape index (κ1) is 10.4. The van der Waals surface area contributed by atoms with Crippen LogP contribution in [0.2, 0.25) is 0 Å². The fraction of sp³-hybridized carbons (Fsp3) is 0.375. The number of nitrogens with two attached hydrogens (primary N) is 1. The van der Waals surface area contributed by atoms with Crippen molar-refractivity contribution in [1.82, 2.24) is 10.1 Å². The van der Waals surface area contributed by atoms with Crippen molar-refractivity contribution in [3.8, 4) is 0 Å². The molecule has 0 aromatic carbocycles. The normalized spacial score (nSPS) is 9.79. The Bertz CT molecular complexity index is 297. The average Bonchev–Trinajstić information content (AvgIpc) is 2.71. The average molecular weight is 197 g/mol. The van der Waals surface area contributed by atoms with E-state index in [0.29, 0.717) is 25.9 Å². The molecule has 0 bridgehead atoms. The van der Waals surface area contributed by atoms with E-state index in [1.807, 2.05) is 0 Å². The molecule has 0 radical (unpaired) electrons. The molecule has 1 rings (SSSR count). The van der Waals surface area contributed by atoms with Crippen molar-refractivity contribution >= 4 is 12.3 Å². The van der Waals surface area contributed by atoms with Gasteiger partial charge in [0, 0.05) is 12.6 Å². The molecular weight excluding hydrogens is 186 g/mol. The first-order valence-electron chi connectivity index (χ1n) is 4.16. The van der Waals surface area contributed by atoms with E-state index in [1.54, 1.807) is 0 Å². The molecule has 0 atom stereocenters. The molecule has 0 unspecified atom stereocenters. The van der Waals surface area contributed by atoms with E-state index in [1.165, 1.54) is 12.3 Å². The van der Waals surface area contributed by atoms with E-state index < -0.39 is 5.91 Å². The standard InChI is InChI=1S/C8H11N3O3/c9-3-1-5-11(6-12)8(13)7-2-4-10-14-7/h2,4,6H,1,3,5,9H2. The first-order valence-corrected chi connectivity index (χ1v) is 4.16. The van der Waals surface area contributed by atoms with Gasteiger partial charge in [-0.25, -0.2) is 0 Å². The fourth-order valence-electron chi connectivity index (χ4n) is 0.931. The van der Waals surface area contributed by atoms with Gasteiger partial charge >= 0.3 is 0 Å².